The number of nitrogens with one attached hydrogen (secondary N) is 3. The Hall–Kier alpha value is -0.770. The highest BCUT2D eigenvalue weighted by molar-refractivity contribution is 5.75. The molecule has 1 aliphatic heterocycles. The molecule has 0 spiro atoms. The number of carbonyl (C=O) groups is 1. The molecule has 0 atom stereocenters. The van der Waals surface area contributed by atoms with E-state index in [-0.39, 0.29) is 11.6 Å². The van der Waals surface area contributed by atoms with E-state index in [1.807, 2.05) is 0 Å². The van der Waals surface area contributed by atoms with Crippen LogP contribution in [0.5, 0.6) is 0 Å². The summed E-state index contributed by atoms with van der Waals surface area (Å²) in [5, 5.41) is 9.53. The van der Waals surface area contributed by atoms with Gasteiger partial charge in [0.2, 0.25) is 0 Å². The van der Waals surface area contributed by atoms with Crippen molar-refractivity contribution in [3.8, 4) is 0 Å². The van der Waals surface area contributed by atoms with Gasteiger partial charge < -0.3 is 16.0 Å². The predicted octanol–water partition coefficient (Wildman–Crippen LogP) is 1.37. The summed E-state index contributed by atoms with van der Waals surface area (Å²) in [5.41, 5.74) is -0.0199. The zero-order valence-corrected chi connectivity index (χ0v) is 10.1. The molecule has 1 aliphatic carbocycles. The summed E-state index contributed by atoms with van der Waals surface area (Å²) in [7, 11) is 0. The Bertz CT molecular complexity index is 243. The van der Waals surface area contributed by atoms with Crippen LogP contribution in [0.15, 0.2) is 0 Å². The molecule has 1 saturated carbocycles. The molecule has 16 heavy (non-hydrogen) atoms. The zero-order chi connectivity index (χ0) is 11.4. The van der Waals surface area contributed by atoms with Gasteiger partial charge in [-0.2, -0.15) is 0 Å². The first kappa shape index (κ1) is 11.7. The van der Waals surface area contributed by atoms with E-state index in [2.05, 4.69) is 22.9 Å². The first-order chi connectivity index (χ1) is 7.68. The van der Waals surface area contributed by atoms with Crippen LogP contribution >= 0.6 is 0 Å². The van der Waals surface area contributed by atoms with Crippen molar-refractivity contribution in [2.75, 3.05) is 13.1 Å². The molecule has 2 amide bonds. The number of urea groups is 1. The summed E-state index contributed by atoms with van der Waals surface area (Å²) in [6.07, 6.45) is 6.84. The van der Waals surface area contributed by atoms with Crippen molar-refractivity contribution in [1.29, 1.82) is 0 Å². The molecule has 4 nitrogen and oxygen atoms in total. The van der Waals surface area contributed by atoms with E-state index in [4.69, 9.17) is 0 Å². The molecular weight excluding hydrogens is 202 g/mol. The molecular formula is C12H23N3O. The second-order valence-electron chi connectivity index (χ2n) is 5.39. The van der Waals surface area contributed by atoms with Crippen molar-refractivity contribution in [3.05, 3.63) is 0 Å². The van der Waals surface area contributed by atoms with E-state index >= 15 is 0 Å². The number of carbonyl (C=O) groups excluding carboxylic acids is 1. The zero-order valence-electron chi connectivity index (χ0n) is 10.1. The highest BCUT2D eigenvalue weighted by Crippen LogP contribution is 2.19. The molecule has 0 radical (unpaired) electrons. The topological polar surface area (TPSA) is 53.2 Å². The monoisotopic (exact) mass is 225 g/mol. The fraction of sp³-hybridized carbons (Fsp3) is 0.917. The van der Waals surface area contributed by atoms with Crippen molar-refractivity contribution in [2.24, 2.45) is 0 Å². The van der Waals surface area contributed by atoms with Crippen molar-refractivity contribution in [3.63, 3.8) is 0 Å². The number of hydrogen-bond acceptors (Lipinski definition) is 2. The van der Waals surface area contributed by atoms with Crippen LogP contribution in [0.3, 0.4) is 0 Å². The first-order valence-electron chi connectivity index (χ1n) is 6.47. The van der Waals surface area contributed by atoms with E-state index in [1.165, 1.54) is 12.8 Å². The highest BCUT2D eigenvalue weighted by Gasteiger charge is 2.29. The Morgan fingerprint density at radius 2 is 1.88 bits per heavy atom. The van der Waals surface area contributed by atoms with Crippen LogP contribution in [0.2, 0.25) is 0 Å². The third kappa shape index (κ3) is 3.11. The van der Waals surface area contributed by atoms with Gasteiger partial charge in [-0.3, -0.25) is 0 Å². The molecule has 2 aliphatic rings. The maximum Gasteiger partial charge on any atom is 0.315 e. The molecule has 0 aromatic rings. The largest absolute Gasteiger partial charge is 0.335 e. The third-order valence-electron chi connectivity index (χ3n) is 3.81. The number of amides is 2. The standard InChI is InChI=1S/C12H23N3O/c1-12(6-8-13-9-7-12)15-11(16)14-10-4-2-3-5-10/h10,13H,2-9H2,1H3,(H2,14,15,16). The van der Waals surface area contributed by atoms with Gasteiger partial charge in [-0.1, -0.05) is 12.8 Å². The quantitative estimate of drug-likeness (QED) is 0.665. The molecule has 1 heterocycles. The Morgan fingerprint density at radius 1 is 1.25 bits per heavy atom. The van der Waals surface area contributed by atoms with Crippen molar-refractivity contribution in [1.82, 2.24) is 16.0 Å². The average molecular weight is 225 g/mol. The van der Waals surface area contributed by atoms with Gasteiger partial charge in [0.05, 0.1) is 0 Å². The van der Waals surface area contributed by atoms with Crippen molar-refractivity contribution >= 4 is 6.03 Å². The predicted molar refractivity (Wildman–Crippen MR) is 64.4 cm³/mol. The lowest BCUT2D eigenvalue weighted by Crippen LogP contribution is -2.56. The van der Waals surface area contributed by atoms with Gasteiger partial charge in [-0.15, -0.1) is 0 Å². The minimum Gasteiger partial charge on any atom is -0.335 e. The van der Waals surface area contributed by atoms with Gasteiger partial charge in [0.15, 0.2) is 0 Å². The normalized spacial score (nSPS) is 25.3. The van der Waals surface area contributed by atoms with Gasteiger partial charge in [0.25, 0.3) is 0 Å². The molecule has 3 N–H and O–H groups in total. The van der Waals surface area contributed by atoms with E-state index in [9.17, 15) is 4.79 Å². The Morgan fingerprint density at radius 3 is 2.50 bits per heavy atom. The number of rotatable bonds is 2. The molecule has 92 valence electrons. The molecule has 0 aromatic carbocycles. The fourth-order valence-electron chi connectivity index (χ4n) is 2.67. The molecule has 0 bridgehead atoms. The first-order valence-corrected chi connectivity index (χ1v) is 6.47. The minimum absolute atomic E-state index is 0.0199. The molecule has 0 unspecified atom stereocenters. The van der Waals surface area contributed by atoms with Crippen LogP contribution in [0, 0.1) is 0 Å². The van der Waals surface area contributed by atoms with Gasteiger partial charge in [-0.05, 0) is 45.7 Å². The maximum absolute atomic E-state index is 11.8. The molecule has 2 rings (SSSR count). The van der Waals surface area contributed by atoms with Crippen molar-refractivity contribution in [2.45, 2.75) is 57.0 Å². The summed E-state index contributed by atoms with van der Waals surface area (Å²) in [4.78, 5) is 11.8. The van der Waals surface area contributed by atoms with E-state index in [0.29, 0.717) is 6.04 Å². The fourth-order valence-corrected chi connectivity index (χ4v) is 2.67. The third-order valence-corrected chi connectivity index (χ3v) is 3.81. The van der Waals surface area contributed by atoms with Crippen LogP contribution in [0.4, 0.5) is 4.79 Å². The summed E-state index contributed by atoms with van der Waals surface area (Å²) in [6.45, 7) is 4.14. The van der Waals surface area contributed by atoms with Crippen LogP contribution in [-0.2, 0) is 0 Å². The molecule has 4 heteroatoms. The second-order valence-corrected chi connectivity index (χ2v) is 5.39. The lowest BCUT2D eigenvalue weighted by molar-refractivity contribution is 0.211. The Balaban J connectivity index is 1.76. The smallest absolute Gasteiger partial charge is 0.315 e. The summed E-state index contributed by atoms with van der Waals surface area (Å²) in [5.74, 6) is 0. The summed E-state index contributed by atoms with van der Waals surface area (Å²) >= 11 is 0. The van der Waals surface area contributed by atoms with Crippen LogP contribution < -0.4 is 16.0 Å². The van der Waals surface area contributed by atoms with E-state index < -0.39 is 0 Å². The van der Waals surface area contributed by atoms with Crippen molar-refractivity contribution < 1.29 is 4.79 Å². The van der Waals surface area contributed by atoms with E-state index in [0.717, 1.165) is 38.8 Å². The van der Waals surface area contributed by atoms with Gasteiger partial charge >= 0.3 is 6.03 Å². The van der Waals surface area contributed by atoms with Gasteiger partial charge in [0.1, 0.15) is 0 Å². The summed E-state index contributed by atoms with van der Waals surface area (Å²) in [6, 6.07) is 0.432. The lowest BCUT2D eigenvalue weighted by Gasteiger charge is -2.35. The molecule has 0 aromatic heterocycles. The summed E-state index contributed by atoms with van der Waals surface area (Å²) < 4.78 is 0. The number of hydrogen-bond donors (Lipinski definition) is 3. The average Bonchev–Trinajstić information content (AvgIpc) is 2.70. The SMILES string of the molecule is CC1(NC(=O)NC2CCCC2)CCNCC1. The minimum atomic E-state index is -0.0199. The Labute approximate surface area is 97.6 Å². The van der Waals surface area contributed by atoms with E-state index in [1.54, 1.807) is 0 Å². The van der Waals surface area contributed by atoms with Gasteiger partial charge in [0, 0.05) is 11.6 Å². The molecule has 2 fully saturated rings. The van der Waals surface area contributed by atoms with Crippen LogP contribution in [0.25, 0.3) is 0 Å². The second kappa shape index (κ2) is 5.04. The number of piperidine rings is 1. The molecule has 1 saturated heterocycles. The highest BCUT2D eigenvalue weighted by atomic mass is 16.2. The van der Waals surface area contributed by atoms with Gasteiger partial charge in [-0.25, -0.2) is 4.79 Å². The Kier molecular flexibility index (Phi) is 3.69. The van der Waals surface area contributed by atoms with Crippen LogP contribution in [0.1, 0.15) is 45.4 Å². The lowest BCUT2D eigenvalue weighted by atomic mass is 9.91. The van der Waals surface area contributed by atoms with Crippen LogP contribution in [-0.4, -0.2) is 30.7 Å². The maximum atomic E-state index is 11.8.